The van der Waals surface area contributed by atoms with Gasteiger partial charge in [0, 0.05) is 38.3 Å². The minimum Gasteiger partial charge on any atom is -0.480 e. The molecule has 1 unspecified atom stereocenters. The van der Waals surface area contributed by atoms with Gasteiger partial charge in [0.2, 0.25) is 11.8 Å². The number of aryl methyl sites for hydroxylation is 2. The highest BCUT2D eigenvalue weighted by Gasteiger charge is 2.38. The number of pyridine rings is 1. The summed E-state index contributed by atoms with van der Waals surface area (Å²) in [6, 6.07) is 2.69. The van der Waals surface area contributed by atoms with E-state index in [0.717, 1.165) is 30.9 Å². The van der Waals surface area contributed by atoms with E-state index >= 15 is 0 Å². The summed E-state index contributed by atoms with van der Waals surface area (Å²) in [5.41, 5.74) is 1.36. The van der Waals surface area contributed by atoms with Crippen molar-refractivity contribution < 1.29 is 28.2 Å². The van der Waals surface area contributed by atoms with Gasteiger partial charge in [0.05, 0.1) is 5.41 Å². The zero-order valence-corrected chi connectivity index (χ0v) is 19.3. The Morgan fingerprint density at radius 1 is 1.27 bits per heavy atom. The molecule has 1 aromatic heterocycles. The number of hydrogen-bond acceptors (Lipinski definition) is 5. The van der Waals surface area contributed by atoms with Gasteiger partial charge in [-0.15, -0.1) is 0 Å². The molecule has 1 aromatic rings. The van der Waals surface area contributed by atoms with Crippen molar-refractivity contribution in [3.63, 3.8) is 0 Å². The minimum atomic E-state index is -2.98. The number of carbonyl (C=O) groups is 2. The fraction of sp³-hybridized carbons (Fsp3) is 0.708. The zero-order chi connectivity index (χ0) is 23.9. The van der Waals surface area contributed by atoms with Crippen LogP contribution in [-0.2, 0) is 27.2 Å². The maximum Gasteiger partial charge on any atom is 0.326 e. The Morgan fingerprint density at radius 3 is 2.76 bits per heavy atom. The molecule has 3 rings (SSSR count). The molecule has 7 nitrogen and oxygen atoms in total. The second-order valence-electron chi connectivity index (χ2n) is 9.48. The van der Waals surface area contributed by atoms with Crippen LogP contribution in [0.5, 0.6) is 0 Å². The number of amides is 1. The first-order chi connectivity index (χ1) is 15.7. The summed E-state index contributed by atoms with van der Waals surface area (Å²) in [6.45, 7) is 3.52. The first-order valence-corrected chi connectivity index (χ1v) is 11.9. The molecule has 9 heteroatoms. The van der Waals surface area contributed by atoms with Gasteiger partial charge in [0.15, 0.2) is 0 Å². The summed E-state index contributed by atoms with van der Waals surface area (Å²) in [4.78, 5) is 28.7. The minimum absolute atomic E-state index is 0.307. The molecule has 0 radical (unpaired) electrons. The van der Waals surface area contributed by atoms with E-state index in [1.54, 1.807) is 6.92 Å². The molecule has 0 saturated carbocycles. The van der Waals surface area contributed by atoms with Crippen molar-refractivity contribution in [1.82, 2.24) is 10.3 Å². The molecule has 33 heavy (non-hydrogen) atoms. The number of fused-ring (bicyclic) bond motifs is 1. The lowest BCUT2D eigenvalue weighted by Gasteiger charge is -2.33. The highest BCUT2D eigenvalue weighted by Crippen LogP contribution is 2.31. The van der Waals surface area contributed by atoms with Crippen molar-refractivity contribution in [3.8, 4) is 0 Å². The second-order valence-corrected chi connectivity index (χ2v) is 9.48. The lowest BCUT2D eigenvalue weighted by molar-refractivity contribution is -0.146. The highest BCUT2D eigenvalue weighted by atomic mass is 19.3. The fourth-order valence-electron chi connectivity index (χ4n) is 4.32. The largest absolute Gasteiger partial charge is 0.480 e. The van der Waals surface area contributed by atoms with Gasteiger partial charge in [-0.3, -0.25) is 4.79 Å². The number of ether oxygens (including phenoxy) is 1. The summed E-state index contributed by atoms with van der Waals surface area (Å²) in [6.07, 6.45) is 3.39. The van der Waals surface area contributed by atoms with Crippen molar-refractivity contribution in [1.29, 1.82) is 0 Å². The van der Waals surface area contributed by atoms with Crippen LogP contribution in [0.3, 0.4) is 0 Å². The molecule has 2 aliphatic heterocycles. The van der Waals surface area contributed by atoms with E-state index in [1.807, 2.05) is 6.07 Å². The maximum atomic E-state index is 14.4. The van der Waals surface area contributed by atoms with Gasteiger partial charge < -0.3 is 20.5 Å². The van der Waals surface area contributed by atoms with Crippen LogP contribution in [0, 0.1) is 5.41 Å². The number of halogens is 2. The average Bonchev–Trinajstić information content (AvgIpc) is 2.79. The van der Waals surface area contributed by atoms with E-state index in [9.17, 15) is 23.5 Å². The molecule has 1 fully saturated rings. The van der Waals surface area contributed by atoms with Crippen LogP contribution in [0.15, 0.2) is 12.1 Å². The molecular formula is C24H35F2N3O4. The van der Waals surface area contributed by atoms with Crippen molar-refractivity contribution in [2.45, 2.75) is 83.1 Å². The summed E-state index contributed by atoms with van der Waals surface area (Å²) >= 11 is 0. The van der Waals surface area contributed by atoms with Gasteiger partial charge in [-0.05, 0) is 63.0 Å². The lowest BCUT2D eigenvalue weighted by atomic mass is 9.81. The average molecular weight is 468 g/mol. The molecule has 1 amide bonds. The van der Waals surface area contributed by atoms with Crippen LogP contribution in [0.25, 0.3) is 0 Å². The molecule has 0 spiro atoms. The van der Waals surface area contributed by atoms with E-state index in [0.29, 0.717) is 45.3 Å². The third-order valence-electron chi connectivity index (χ3n) is 6.72. The molecule has 0 aromatic carbocycles. The molecule has 3 heterocycles. The number of rotatable bonds is 11. The Balaban J connectivity index is 1.42. The Hall–Kier alpha value is -2.29. The van der Waals surface area contributed by atoms with Gasteiger partial charge in [-0.2, -0.15) is 0 Å². The Morgan fingerprint density at radius 2 is 2.03 bits per heavy atom. The number of hydrogen-bond donors (Lipinski definition) is 3. The van der Waals surface area contributed by atoms with Crippen molar-refractivity contribution >= 4 is 17.7 Å². The third-order valence-corrected chi connectivity index (χ3v) is 6.72. The first-order valence-electron chi connectivity index (χ1n) is 11.9. The van der Waals surface area contributed by atoms with E-state index in [2.05, 4.69) is 21.7 Å². The van der Waals surface area contributed by atoms with Gasteiger partial charge in [0.25, 0.3) is 0 Å². The number of aliphatic carboxylic acids is 1. The fourth-order valence-corrected chi connectivity index (χ4v) is 4.32. The monoisotopic (exact) mass is 467 g/mol. The number of carbonyl (C=O) groups excluding carboxylic acids is 1. The topological polar surface area (TPSA) is 101 Å². The highest BCUT2D eigenvalue weighted by molar-refractivity contribution is 5.87. The molecule has 0 bridgehead atoms. The first kappa shape index (κ1) is 25.3. The molecule has 0 aliphatic carbocycles. The van der Waals surface area contributed by atoms with Crippen LogP contribution < -0.4 is 10.6 Å². The van der Waals surface area contributed by atoms with Crippen molar-refractivity contribution in [2.24, 2.45) is 5.41 Å². The second kappa shape index (κ2) is 11.2. The summed E-state index contributed by atoms with van der Waals surface area (Å²) < 4.78 is 34.1. The van der Waals surface area contributed by atoms with E-state index < -0.39 is 35.7 Å². The summed E-state index contributed by atoms with van der Waals surface area (Å²) in [7, 11) is 0. The number of carboxylic acids is 1. The Labute approximate surface area is 193 Å². The van der Waals surface area contributed by atoms with E-state index in [1.165, 1.54) is 5.56 Å². The number of nitrogens with zero attached hydrogens (tertiary/aromatic N) is 1. The van der Waals surface area contributed by atoms with Crippen molar-refractivity contribution in [2.75, 3.05) is 25.1 Å². The predicted octanol–water partition coefficient (Wildman–Crippen LogP) is 3.95. The number of anilines is 1. The van der Waals surface area contributed by atoms with Gasteiger partial charge in [-0.1, -0.05) is 13.0 Å². The van der Waals surface area contributed by atoms with E-state index in [-0.39, 0.29) is 12.8 Å². The molecule has 1 saturated heterocycles. The molecule has 2 aliphatic rings. The summed E-state index contributed by atoms with van der Waals surface area (Å²) in [5, 5.41) is 15.2. The Bertz CT molecular complexity index is 828. The number of nitrogens with one attached hydrogen (secondary N) is 2. The standard InChI is InChI=1S/C24H35F2N3O4/c1-23(12-15-33-16-13-23)22(32)29-19(21(30)31)9-11-24(25,26)10-3-2-6-18-8-7-17-5-4-14-27-20(17)28-18/h7-8,19H,2-6,9-16H2,1H3,(H,27,28)(H,29,32)(H,30,31). The zero-order valence-electron chi connectivity index (χ0n) is 19.3. The lowest BCUT2D eigenvalue weighted by Crippen LogP contribution is -2.49. The number of carboxylic acid groups (broad SMARTS) is 1. The Kier molecular flexibility index (Phi) is 8.62. The van der Waals surface area contributed by atoms with Crippen LogP contribution >= 0.6 is 0 Å². The predicted molar refractivity (Wildman–Crippen MR) is 121 cm³/mol. The molecular weight excluding hydrogens is 432 g/mol. The normalized spacial score (nSPS) is 18.6. The molecule has 3 N–H and O–H groups in total. The smallest absolute Gasteiger partial charge is 0.326 e. The SMILES string of the molecule is CC1(C(=O)NC(CCC(F)(F)CCCCc2ccc3c(n2)NCCC3)C(=O)O)CCOCC1. The van der Waals surface area contributed by atoms with Crippen LogP contribution in [-0.4, -0.2) is 53.7 Å². The number of aromatic nitrogens is 1. The third kappa shape index (κ3) is 7.35. The van der Waals surface area contributed by atoms with E-state index in [4.69, 9.17) is 4.74 Å². The number of unbranched alkanes of at least 4 members (excludes halogenated alkanes) is 1. The van der Waals surface area contributed by atoms with Crippen molar-refractivity contribution in [3.05, 3.63) is 23.4 Å². The quantitative estimate of drug-likeness (QED) is 0.426. The maximum absolute atomic E-state index is 14.4. The van der Waals surface area contributed by atoms with Gasteiger partial charge >= 0.3 is 5.97 Å². The van der Waals surface area contributed by atoms with Gasteiger partial charge in [-0.25, -0.2) is 18.6 Å². The molecule has 184 valence electrons. The van der Waals surface area contributed by atoms with Gasteiger partial charge in [0.1, 0.15) is 11.9 Å². The number of alkyl halides is 2. The van der Waals surface area contributed by atoms with Crippen LogP contribution in [0.1, 0.15) is 69.5 Å². The van der Waals surface area contributed by atoms with Crippen LogP contribution in [0.4, 0.5) is 14.6 Å². The summed E-state index contributed by atoms with van der Waals surface area (Å²) in [5.74, 6) is -3.78. The van der Waals surface area contributed by atoms with Crippen LogP contribution in [0.2, 0.25) is 0 Å². The molecule has 1 atom stereocenters.